The van der Waals surface area contributed by atoms with E-state index >= 15 is 0 Å². The Labute approximate surface area is 143 Å². The molecule has 1 fully saturated rings. The van der Waals surface area contributed by atoms with Crippen LogP contribution in [0, 0.1) is 6.92 Å². The molecule has 1 aliphatic rings. The van der Waals surface area contributed by atoms with Gasteiger partial charge < -0.3 is 4.90 Å². The van der Waals surface area contributed by atoms with Gasteiger partial charge >= 0.3 is 6.18 Å². The Bertz CT molecular complexity index is 730. The number of nitrogens with zero attached hydrogens (tertiary/aromatic N) is 4. The second kappa shape index (κ2) is 6.85. The Morgan fingerprint density at radius 1 is 1.40 bits per heavy atom. The van der Waals surface area contributed by atoms with Crippen LogP contribution in [0.15, 0.2) is 36.8 Å². The summed E-state index contributed by atoms with van der Waals surface area (Å²) in [6, 6.07) is 3.32. The van der Waals surface area contributed by atoms with E-state index < -0.39 is 24.5 Å². The summed E-state index contributed by atoms with van der Waals surface area (Å²) in [5, 5.41) is 3.65. The first-order valence-corrected chi connectivity index (χ1v) is 8.11. The number of amides is 1. The van der Waals surface area contributed by atoms with Crippen molar-refractivity contribution < 1.29 is 18.0 Å². The molecule has 2 aromatic heterocycles. The van der Waals surface area contributed by atoms with E-state index in [0.717, 1.165) is 15.9 Å². The quantitative estimate of drug-likeness (QED) is 0.850. The Balaban J connectivity index is 1.67. The fraction of sp³-hybridized carbons (Fsp3) is 0.471. The van der Waals surface area contributed by atoms with Crippen LogP contribution in [0.1, 0.15) is 36.1 Å². The van der Waals surface area contributed by atoms with E-state index in [4.69, 9.17) is 0 Å². The maximum Gasteiger partial charge on any atom is 0.411 e. The molecule has 2 aromatic rings. The lowest BCUT2D eigenvalue weighted by Crippen LogP contribution is -2.35. The summed E-state index contributed by atoms with van der Waals surface area (Å²) in [6.07, 6.45) is -0.237. The zero-order chi connectivity index (χ0) is 18.0. The van der Waals surface area contributed by atoms with Crippen LogP contribution in [0.25, 0.3) is 0 Å². The minimum atomic E-state index is -4.53. The molecule has 0 radical (unpaired) electrons. The minimum absolute atomic E-state index is 0.0675. The summed E-state index contributed by atoms with van der Waals surface area (Å²) in [7, 11) is 0. The highest BCUT2D eigenvalue weighted by atomic mass is 19.4. The van der Waals surface area contributed by atoms with Crippen LogP contribution < -0.4 is 0 Å². The van der Waals surface area contributed by atoms with Crippen molar-refractivity contribution in [2.45, 2.75) is 37.9 Å². The maximum absolute atomic E-state index is 13.3. The van der Waals surface area contributed by atoms with Gasteiger partial charge in [-0.3, -0.25) is 14.5 Å². The van der Waals surface area contributed by atoms with Crippen molar-refractivity contribution in [1.82, 2.24) is 19.7 Å². The topological polar surface area (TPSA) is 51.0 Å². The fourth-order valence-corrected chi connectivity index (χ4v) is 3.13. The Hall–Kier alpha value is -2.38. The summed E-state index contributed by atoms with van der Waals surface area (Å²) in [4.78, 5) is 18.2. The van der Waals surface area contributed by atoms with Gasteiger partial charge in [0, 0.05) is 43.3 Å². The third-order valence-corrected chi connectivity index (χ3v) is 4.49. The van der Waals surface area contributed by atoms with Crippen LogP contribution in [0.5, 0.6) is 0 Å². The molecule has 134 valence electrons. The van der Waals surface area contributed by atoms with Crippen LogP contribution in [0.2, 0.25) is 0 Å². The molecule has 1 aliphatic heterocycles. The van der Waals surface area contributed by atoms with Crippen LogP contribution >= 0.6 is 0 Å². The van der Waals surface area contributed by atoms with Crippen LogP contribution in [-0.2, 0) is 4.79 Å². The number of halogens is 3. The number of likely N-dealkylation sites (tertiary alicyclic amines) is 1. The third kappa shape index (κ3) is 4.00. The van der Waals surface area contributed by atoms with Crippen LogP contribution in [-0.4, -0.2) is 44.8 Å². The number of pyridine rings is 1. The first-order chi connectivity index (χ1) is 11.8. The highest BCUT2D eigenvalue weighted by Gasteiger charge is 2.44. The lowest BCUT2D eigenvalue weighted by Gasteiger charge is -2.23. The van der Waals surface area contributed by atoms with Crippen LogP contribution in [0.3, 0.4) is 0 Å². The molecule has 3 rings (SSSR count). The SMILES string of the molecule is Cc1ccnc(C2CCN(C(=O)CC(n3cccn3)C(F)(F)F)C2)c1. The van der Waals surface area contributed by atoms with Gasteiger partial charge in [-0.25, -0.2) is 0 Å². The molecule has 2 unspecified atom stereocenters. The van der Waals surface area contributed by atoms with Gasteiger partial charge in [0.15, 0.2) is 6.04 Å². The summed E-state index contributed by atoms with van der Waals surface area (Å²) in [5.41, 5.74) is 1.96. The van der Waals surface area contributed by atoms with E-state index in [1.165, 1.54) is 23.4 Å². The number of rotatable bonds is 4. The number of hydrogen-bond donors (Lipinski definition) is 0. The molecule has 2 atom stereocenters. The largest absolute Gasteiger partial charge is 0.411 e. The van der Waals surface area contributed by atoms with E-state index in [2.05, 4.69) is 10.1 Å². The van der Waals surface area contributed by atoms with Crippen molar-refractivity contribution in [1.29, 1.82) is 0 Å². The van der Waals surface area contributed by atoms with Crippen molar-refractivity contribution in [2.75, 3.05) is 13.1 Å². The Morgan fingerprint density at radius 2 is 2.20 bits per heavy atom. The Kier molecular flexibility index (Phi) is 4.78. The molecule has 0 saturated carbocycles. The molecule has 0 spiro atoms. The zero-order valence-electron chi connectivity index (χ0n) is 13.8. The van der Waals surface area contributed by atoms with E-state index in [1.54, 1.807) is 6.20 Å². The normalized spacial score (nSPS) is 19.2. The van der Waals surface area contributed by atoms with Gasteiger partial charge in [-0.1, -0.05) is 0 Å². The van der Waals surface area contributed by atoms with Gasteiger partial charge in [-0.05, 0) is 37.1 Å². The molecule has 1 amide bonds. The fourth-order valence-electron chi connectivity index (χ4n) is 3.13. The highest BCUT2D eigenvalue weighted by molar-refractivity contribution is 5.77. The Morgan fingerprint density at radius 3 is 2.84 bits per heavy atom. The molecule has 0 bridgehead atoms. The maximum atomic E-state index is 13.3. The van der Waals surface area contributed by atoms with Gasteiger partial charge in [0.05, 0.1) is 6.42 Å². The monoisotopic (exact) mass is 352 g/mol. The number of carbonyl (C=O) groups excluding carboxylic acids is 1. The number of hydrogen-bond acceptors (Lipinski definition) is 3. The van der Waals surface area contributed by atoms with Crippen molar-refractivity contribution in [2.24, 2.45) is 0 Å². The first-order valence-electron chi connectivity index (χ1n) is 8.11. The summed E-state index contributed by atoms with van der Waals surface area (Å²) in [6.45, 7) is 2.81. The van der Waals surface area contributed by atoms with Crippen molar-refractivity contribution in [3.63, 3.8) is 0 Å². The molecule has 8 heteroatoms. The lowest BCUT2D eigenvalue weighted by atomic mass is 10.0. The smallest absolute Gasteiger partial charge is 0.342 e. The average Bonchev–Trinajstić information content (AvgIpc) is 3.23. The van der Waals surface area contributed by atoms with E-state index in [9.17, 15) is 18.0 Å². The minimum Gasteiger partial charge on any atom is -0.342 e. The van der Waals surface area contributed by atoms with E-state index in [0.29, 0.717) is 19.5 Å². The number of carbonyl (C=O) groups is 1. The van der Waals surface area contributed by atoms with Gasteiger partial charge in [0.2, 0.25) is 5.91 Å². The van der Waals surface area contributed by atoms with Crippen LogP contribution in [0.4, 0.5) is 13.2 Å². The molecule has 0 N–H and O–H groups in total. The van der Waals surface area contributed by atoms with Gasteiger partial charge in [0.25, 0.3) is 0 Å². The summed E-state index contributed by atoms with van der Waals surface area (Å²) in [5.74, 6) is -0.439. The molecular weight excluding hydrogens is 333 g/mol. The van der Waals surface area contributed by atoms with Gasteiger partial charge in [-0.15, -0.1) is 0 Å². The number of aryl methyl sites for hydroxylation is 1. The third-order valence-electron chi connectivity index (χ3n) is 4.49. The molecule has 5 nitrogen and oxygen atoms in total. The zero-order valence-corrected chi connectivity index (χ0v) is 13.8. The second-order valence-corrected chi connectivity index (χ2v) is 6.33. The van der Waals surface area contributed by atoms with E-state index in [-0.39, 0.29) is 5.92 Å². The first kappa shape index (κ1) is 17.4. The molecule has 3 heterocycles. The predicted octanol–water partition coefficient (Wildman–Crippen LogP) is 3.10. The molecule has 1 saturated heterocycles. The summed E-state index contributed by atoms with van der Waals surface area (Å²) >= 11 is 0. The van der Waals surface area contributed by atoms with Crippen molar-refractivity contribution >= 4 is 5.91 Å². The van der Waals surface area contributed by atoms with E-state index in [1.807, 2.05) is 19.1 Å². The predicted molar refractivity (Wildman–Crippen MR) is 84.8 cm³/mol. The van der Waals surface area contributed by atoms with Crippen molar-refractivity contribution in [3.8, 4) is 0 Å². The molecule has 0 aromatic carbocycles. The molecule has 0 aliphatic carbocycles. The average molecular weight is 352 g/mol. The standard InChI is InChI=1S/C17H19F3N4O/c1-12-3-6-21-14(9-12)13-4-8-23(11-13)16(25)10-15(17(18,19)20)24-7-2-5-22-24/h2-3,5-7,9,13,15H,4,8,10-11H2,1H3. The second-order valence-electron chi connectivity index (χ2n) is 6.33. The summed E-state index contributed by atoms with van der Waals surface area (Å²) < 4.78 is 40.6. The molecule has 25 heavy (non-hydrogen) atoms. The van der Waals surface area contributed by atoms with Gasteiger partial charge in [-0.2, -0.15) is 18.3 Å². The highest BCUT2D eigenvalue weighted by Crippen LogP contribution is 2.34. The van der Waals surface area contributed by atoms with Crippen molar-refractivity contribution in [3.05, 3.63) is 48.0 Å². The number of alkyl halides is 3. The number of aromatic nitrogens is 3. The van der Waals surface area contributed by atoms with Gasteiger partial charge in [0.1, 0.15) is 0 Å². The lowest BCUT2D eigenvalue weighted by molar-refractivity contribution is -0.177. The molecular formula is C17H19F3N4O.